The lowest BCUT2D eigenvalue weighted by molar-refractivity contribution is 0.0955. The van der Waals surface area contributed by atoms with Crippen molar-refractivity contribution in [2.45, 2.75) is 13.8 Å². The predicted octanol–water partition coefficient (Wildman–Crippen LogP) is 7.08. The molecule has 0 aliphatic heterocycles. The summed E-state index contributed by atoms with van der Waals surface area (Å²) in [5, 5.41) is 5.32. The van der Waals surface area contributed by atoms with E-state index in [2.05, 4.69) is 15.1 Å². The molecule has 2 aromatic heterocycles. The maximum absolute atomic E-state index is 12.5. The first-order valence-corrected chi connectivity index (χ1v) is 10.8. The number of hydrogen-bond acceptors (Lipinski definition) is 3. The second-order valence-electron chi connectivity index (χ2n) is 7.14. The zero-order valence-electron chi connectivity index (χ0n) is 17.2. The van der Waals surface area contributed by atoms with Gasteiger partial charge in [-0.2, -0.15) is 5.10 Å². The van der Waals surface area contributed by atoms with Crippen molar-refractivity contribution in [3.8, 4) is 17.0 Å². The fraction of sp³-hybridized carbons (Fsp3) is 0.0833. The van der Waals surface area contributed by atoms with E-state index in [-0.39, 0.29) is 0 Å². The Morgan fingerprint density at radius 3 is 2.38 bits per heavy atom. The van der Waals surface area contributed by atoms with E-state index in [1.54, 1.807) is 42.5 Å². The number of carbonyl (C=O) groups excluding carboxylic acids is 1. The number of carbonyl (C=O) groups is 1. The largest absolute Gasteiger partial charge is 0.455 e. The molecule has 0 saturated carbocycles. The quantitative estimate of drug-likeness (QED) is 0.242. The molecule has 4 aromatic rings. The van der Waals surface area contributed by atoms with Crippen LogP contribution in [0.4, 0.5) is 0 Å². The molecule has 5 nitrogen and oxygen atoms in total. The molecule has 0 radical (unpaired) electrons. The standard InChI is InChI=1S/C24H18Cl3N3O2/c1-14-3-4-15(2)30(14)17-6-9-20(22(27)12-17)24(31)29-28-13-18-7-10-23(32-18)19-8-5-16(25)11-21(19)26/h3-13H,1-2H3,(H,29,31)/b28-13-. The number of halogens is 3. The second kappa shape index (κ2) is 9.25. The number of hydrazone groups is 1. The number of hydrogen-bond donors (Lipinski definition) is 1. The number of nitrogens with zero attached hydrogens (tertiary/aromatic N) is 2. The van der Waals surface area contributed by atoms with E-state index in [1.807, 2.05) is 32.0 Å². The lowest BCUT2D eigenvalue weighted by Gasteiger charge is -2.11. The maximum Gasteiger partial charge on any atom is 0.272 e. The summed E-state index contributed by atoms with van der Waals surface area (Å²) in [4.78, 5) is 12.5. The molecule has 0 saturated heterocycles. The van der Waals surface area contributed by atoms with Crippen LogP contribution >= 0.6 is 34.8 Å². The monoisotopic (exact) mass is 485 g/mol. The van der Waals surface area contributed by atoms with Gasteiger partial charge in [0.1, 0.15) is 11.5 Å². The molecular weight excluding hydrogens is 469 g/mol. The highest BCUT2D eigenvalue weighted by molar-refractivity contribution is 6.36. The number of furan rings is 1. The molecule has 0 unspecified atom stereocenters. The molecule has 1 N–H and O–H groups in total. The highest BCUT2D eigenvalue weighted by atomic mass is 35.5. The van der Waals surface area contributed by atoms with E-state index >= 15 is 0 Å². The average Bonchev–Trinajstić information content (AvgIpc) is 3.34. The van der Waals surface area contributed by atoms with Crippen LogP contribution in [0.25, 0.3) is 17.0 Å². The van der Waals surface area contributed by atoms with Crippen molar-refractivity contribution in [1.82, 2.24) is 9.99 Å². The van der Waals surface area contributed by atoms with Gasteiger partial charge in [-0.15, -0.1) is 0 Å². The molecule has 0 aliphatic carbocycles. The van der Waals surface area contributed by atoms with Crippen molar-refractivity contribution in [3.05, 3.63) is 98.4 Å². The van der Waals surface area contributed by atoms with Crippen molar-refractivity contribution in [3.63, 3.8) is 0 Å². The van der Waals surface area contributed by atoms with Crippen LogP contribution in [0.2, 0.25) is 15.1 Å². The van der Waals surface area contributed by atoms with Gasteiger partial charge in [0, 0.05) is 27.7 Å². The summed E-state index contributed by atoms with van der Waals surface area (Å²) >= 11 is 18.5. The van der Waals surface area contributed by atoms with Crippen LogP contribution in [0.5, 0.6) is 0 Å². The Labute approximate surface area is 200 Å². The van der Waals surface area contributed by atoms with E-state index in [1.165, 1.54) is 6.21 Å². The van der Waals surface area contributed by atoms with E-state index in [0.29, 0.717) is 37.7 Å². The van der Waals surface area contributed by atoms with Crippen LogP contribution in [0, 0.1) is 13.8 Å². The summed E-state index contributed by atoms with van der Waals surface area (Å²) < 4.78 is 7.79. The molecule has 32 heavy (non-hydrogen) atoms. The van der Waals surface area contributed by atoms with Crippen LogP contribution in [-0.2, 0) is 0 Å². The smallest absolute Gasteiger partial charge is 0.272 e. The van der Waals surface area contributed by atoms with E-state index < -0.39 is 5.91 Å². The van der Waals surface area contributed by atoms with Crippen LogP contribution in [0.3, 0.4) is 0 Å². The molecule has 0 bridgehead atoms. The van der Waals surface area contributed by atoms with Crippen molar-refractivity contribution in [2.75, 3.05) is 0 Å². The lowest BCUT2D eigenvalue weighted by Crippen LogP contribution is -2.18. The molecule has 0 fully saturated rings. The zero-order chi connectivity index (χ0) is 22.8. The van der Waals surface area contributed by atoms with Crippen LogP contribution in [0.1, 0.15) is 27.5 Å². The van der Waals surface area contributed by atoms with Gasteiger partial charge in [-0.05, 0) is 74.5 Å². The van der Waals surface area contributed by atoms with Gasteiger partial charge in [-0.1, -0.05) is 34.8 Å². The van der Waals surface area contributed by atoms with Gasteiger partial charge < -0.3 is 8.98 Å². The minimum Gasteiger partial charge on any atom is -0.455 e. The summed E-state index contributed by atoms with van der Waals surface area (Å²) in [6.45, 7) is 4.02. The van der Waals surface area contributed by atoms with Crippen molar-refractivity contribution in [1.29, 1.82) is 0 Å². The number of benzene rings is 2. The molecular formula is C24H18Cl3N3O2. The number of nitrogens with one attached hydrogen (secondary N) is 1. The molecule has 1 amide bonds. The first kappa shape index (κ1) is 22.2. The van der Waals surface area contributed by atoms with Gasteiger partial charge in [-0.3, -0.25) is 4.79 Å². The van der Waals surface area contributed by atoms with Crippen LogP contribution in [-0.4, -0.2) is 16.7 Å². The maximum atomic E-state index is 12.5. The molecule has 162 valence electrons. The fourth-order valence-electron chi connectivity index (χ4n) is 3.37. The van der Waals surface area contributed by atoms with Gasteiger partial charge in [0.25, 0.3) is 5.91 Å². The third kappa shape index (κ3) is 4.60. The molecule has 0 spiro atoms. The molecule has 4 rings (SSSR count). The minimum absolute atomic E-state index is 0.322. The van der Waals surface area contributed by atoms with Gasteiger partial charge in [-0.25, -0.2) is 5.43 Å². The van der Waals surface area contributed by atoms with E-state index in [4.69, 9.17) is 39.2 Å². The minimum atomic E-state index is -0.425. The van der Waals surface area contributed by atoms with Gasteiger partial charge in [0.2, 0.25) is 0 Å². The topological polar surface area (TPSA) is 59.5 Å². The van der Waals surface area contributed by atoms with Gasteiger partial charge in [0.05, 0.1) is 21.8 Å². The van der Waals surface area contributed by atoms with Crippen LogP contribution < -0.4 is 5.43 Å². The normalized spacial score (nSPS) is 11.3. The summed E-state index contributed by atoms with van der Waals surface area (Å²) in [5.74, 6) is 0.589. The van der Waals surface area contributed by atoms with Gasteiger partial charge >= 0.3 is 0 Å². The summed E-state index contributed by atoms with van der Waals surface area (Å²) in [5.41, 5.74) is 6.55. The lowest BCUT2D eigenvalue weighted by atomic mass is 10.2. The molecule has 2 heterocycles. The molecule has 0 atom stereocenters. The summed E-state index contributed by atoms with van der Waals surface area (Å²) in [7, 11) is 0. The Morgan fingerprint density at radius 1 is 0.938 bits per heavy atom. The third-order valence-electron chi connectivity index (χ3n) is 4.91. The van der Waals surface area contributed by atoms with Crippen LogP contribution in [0.15, 0.2) is 70.2 Å². The number of aromatic nitrogens is 1. The molecule has 2 aromatic carbocycles. The molecule has 0 aliphatic rings. The summed E-state index contributed by atoms with van der Waals surface area (Å²) in [6, 6.07) is 18.0. The predicted molar refractivity (Wildman–Crippen MR) is 129 cm³/mol. The first-order chi connectivity index (χ1) is 15.3. The van der Waals surface area contributed by atoms with E-state index in [0.717, 1.165) is 17.1 Å². The fourth-order valence-corrected chi connectivity index (χ4v) is 4.14. The highest BCUT2D eigenvalue weighted by Crippen LogP contribution is 2.31. The first-order valence-electron chi connectivity index (χ1n) is 9.67. The van der Waals surface area contributed by atoms with Crippen molar-refractivity contribution >= 4 is 46.9 Å². The van der Waals surface area contributed by atoms with Crippen molar-refractivity contribution < 1.29 is 9.21 Å². The Balaban J connectivity index is 1.45. The SMILES string of the molecule is Cc1ccc(C)n1-c1ccc(C(=O)N/N=C\c2ccc(-c3ccc(Cl)cc3Cl)o2)c(Cl)c1. The van der Waals surface area contributed by atoms with Crippen molar-refractivity contribution in [2.24, 2.45) is 5.10 Å². The summed E-state index contributed by atoms with van der Waals surface area (Å²) in [6.07, 6.45) is 1.40. The van der Waals surface area contributed by atoms with E-state index in [9.17, 15) is 4.79 Å². The number of aryl methyl sites for hydroxylation is 2. The zero-order valence-corrected chi connectivity index (χ0v) is 19.5. The Kier molecular flexibility index (Phi) is 6.42. The Hall–Kier alpha value is -2.99. The van der Waals surface area contributed by atoms with Gasteiger partial charge in [0.15, 0.2) is 0 Å². The molecule has 8 heteroatoms. The highest BCUT2D eigenvalue weighted by Gasteiger charge is 2.13. The second-order valence-corrected chi connectivity index (χ2v) is 8.39. The Morgan fingerprint density at radius 2 is 1.69 bits per heavy atom. The average molecular weight is 487 g/mol. The Bertz CT molecular complexity index is 1320. The number of rotatable bonds is 5. The number of amides is 1. The third-order valence-corrected chi connectivity index (χ3v) is 5.77.